The fraction of sp³-hybridized carbons (Fsp3) is 0.789. The summed E-state index contributed by atoms with van der Waals surface area (Å²) in [6.07, 6.45) is -1.94. The monoisotopic (exact) mass is 511 g/mol. The zero-order valence-electron chi connectivity index (χ0n) is 19.8. The number of hydrogen-bond acceptors (Lipinski definition) is 10. The largest absolute Gasteiger partial charge is 0.478 e. The van der Waals surface area contributed by atoms with Gasteiger partial charge in [0.25, 0.3) is 0 Å². The minimum absolute atomic E-state index is 0.0189. The quantitative estimate of drug-likeness (QED) is 0.225. The Morgan fingerprint density at radius 3 is 2.42 bits per heavy atom. The van der Waals surface area contributed by atoms with Gasteiger partial charge in [0.05, 0.1) is 6.61 Å². The van der Waals surface area contributed by atoms with Crippen molar-refractivity contribution in [1.82, 2.24) is 16.0 Å². The lowest BCUT2D eigenvalue weighted by molar-refractivity contribution is -0.143. The Morgan fingerprint density at radius 1 is 1.15 bits per heavy atom. The van der Waals surface area contributed by atoms with Crippen LogP contribution in [-0.4, -0.2) is 66.9 Å². The molecule has 0 aromatic heterocycles. The van der Waals surface area contributed by atoms with E-state index in [4.69, 9.17) is 18.3 Å². The molecule has 1 fully saturated rings. The first-order chi connectivity index (χ1) is 15.1. The van der Waals surface area contributed by atoms with Gasteiger partial charge < -0.3 is 20.7 Å². The van der Waals surface area contributed by atoms with E-state index in [2.05, 4.69) is 16.0 Å². The van der Waals surface area contributed by atoms with Gasteiger partial charge in [0.1, 0.15) is 0 Å². The predicted molar refractivity (Wildman–Crippen MR) is 121 cm³/mol. The Morgan fingerprint density at radius 2 is 1.82 bits per heavy atom. The van der Waals surface area contributed by atoms with Crippen molar-refractivity contribution >= 4 is 42.6 Å². The first kappa shape index (κ1) is 29.4. The lowest BCUT2D eigenvalue weighted by Gasteiger charge is -2.39. The van der Waals surface area contributed by atoms with E-state index in [0.29, 0.717) is 12.3 Å². The van der Waals surface area contributed by atoms with Gasteiger partial charge in [-0.1, -0.05) is 25.6 Å². The minimum Gasteiger partial charge on any atom is -0.422 e. The van der Waals surface area contributed by atoms with Crippen LogP contribution in [-0.2, 0) is 37.3 Å². The van der Waals surface area contributed by atoms with Crippen LogP contribution < -0.4 is 16.0 Å². The topological polar surface area (TPSA) is 158 Å². The summed E-state index contributed by atoms with van der Waals surface area (Å²) in [7, 11) is -4.16. The first-order valence-electron chi connectivity index (χ1n) is 10.3. The summed E-state index contributed by atoms with van der Waals surface area (Å²) >= 11 is 1.11. The molecule has 3 amide bonds. The second-order valence-electron chi connectivity index (χ2n) is 8.98. The van der Waals surface area contributed by atoms with E-state index in [9.17, 15) is 23.7 Å². The van der Waals surface area contributed by atoms with Crippen molar-refractivity contribution in [3.63, 3.8) is 0 Å². The number of thioether (sulfide) groups is 1. The van der Waals surface area contributed by atoms with Gasteiger partial charge in [0.2, 0.25) is 18.6 Å². The number of phosphoric ester groups is 1. The Hall–Kier alpha value is -1.66. The van der Waals surface area contributed by atoms with Crippen LogP contribution in [0.25, 0.3) is 0 Å². The highest BCUT2D eigenvalue weighted by molar-refractivity contribution is 8.13. The zero-order valence-corrected chi connectivity index (χ0v) is 21.6. The molecule has 2 atom stereocenters. The molecule has 1 aliphatic heterocycles. The van der Waals surface area contributed by atoms with Crippen molar-refractivity contribution in [3.05, 3.63) is 0 Å². The molecule has 1 aliphatic rings. The molecular formula is C19H34N3O9PS. The molecule has 33 heavy (non-hydrogen) atoms. The summed E-state index contributed by atoms with van der Waals surface area (Å²) in [5.74, 6) is -0.404. The number of nitrogens with one attached hydrogen (secondary N) is 3. The molecule has 0 aliphatic carbocycles. The van der Waals surface area contributed by atoms with Crippen molar-refractivity contribution < 1.29 is 42.1 Å². The molecule has 0 spiro atoms. The molecule has 190 valence electrons. The van der Waals surface area contributed by atoms with Crippen molar-refractivity contribution in [2.45, 2.75) is 59.6 Å². The van der Waals surface area contributed by atoms with Crippen molar-refractivity contribution in [1.29, 1.82) is 0 Å². The molecule has 0 aromatic carbocycles. The lowest BCUT2D eigenvalue weighted by atomic mass is 9.87. The second kappa shape index (κ2) is 12.7. The van der Waals surface area contributed by atoms with Gasteiger partial charge in [-0.2, -0.15) is 0 Å². The highest BCUT2D eigenvalue weighted by Crippen LogP contribution is 2.57. The molecule has 0 radical (unpaired) electrons. The average molecular weight is 512 g/mol. The third-order valence-corrected chi connectivity index (χ3v) is 6.19. The Bertz CT molecular complexity index is 770. The molecule has 0 aromatic rings. The molecule has 1 rings (SSSR count). The molecule has 3 N–H and O–H groups in total. The molecule has 12 nitrogen and oxygen atoms in total. The minimum atomic E-state index is -4.16. The van der Waals surface area contributed by atoms with Gasteiger partial charge in [0, 0.05) is 43.1 Å². The first-order valence-corrected chi connectivity index (χ1v) is 12.8. The van der Waals surface area contributed by atoms with Gasteiger partial charge in [0.15, 0.2) is 11.2 Å². The van der Waals surface area contributed by atoms with E-state index in [1.165, 1.54) is 6.92 Å². The van der Waals surface area contributed by atoms with Crippen molar-refractivity contribution in [2.24, 2.45) is 5.41 Å². The van der Waals surface area contributed by atoms with E-state index < -0.39 is 43.7 Å². The molecule has 0 bridgehead atoms. The van der Waals surface area contributed by atoms with Crippen LogP contribution in [0.2, 0.25) is 0 Å². The summed E-state index contributed by atoms with van der Waals surface area (Å²) in [6, 6.07) is 0. The summed E-state index contributed by atoms with van der Waals surface area (Å²) in [5.41, 5.74) is -1.37. The van der Waals surface area contributed by atoms with Gasteiger partial charge in [-0.25, -0.2) is 13.9 Å². The van der Waals surface area contributed by atoms with Crippen LogP contribution in [0.5, 0.6) is 0 Å². The van der Waals surface area contributed by atoms with Crippen molar-refractivity contribution in [2.75, 3.05) is 32.2 Å². The Balaban J connectivity index is 2.49. The van der Waals surface area contributed by atoms with E-state index in [-0.39, 0.29) is 30.6 Å². The third-order valence-electron chi connectivity index (χ3n) is 4.04. The second-order valence-corrected chi connectivity index (χ2v) is 11.9. The molecule has 1 heterocycles. The number of carbonyl (C=O) groups excluding carboxylic acids is 4. The smallest absolute Gasteiger partial charge is 0.422 e. The molecule has 1 saturated heterocycles. The Labute approximate surface area is 198 Å². The van der Waals surface area contributed by atoms with Crippen LogP contribution in [0.3, 0.4) is 0 Å². The van der Waals surface area contributed by atoms with Crippen LogP contribution >= 0.6 is 19.6 Å². The third kappa shape index (κ3) is 11.9. The number of amides is 3. The number of carbonyl (C=O) groups is 4. The molecular weight excluding hydrogens is 477 g/mol. The van der Waals surface area contributed by atoms with Gasteiger partial charge in [-0.05, 0) is 20.8 Å². The van der Waals surface area contributed by atoms with Crippen LogP contribution in [0.1, 0.15) is 48.0 Å². The number of hydrogen-bond donors (Lipinski definition) is 3. The molecule has 14 heteroatoms. The highest BCUT2D eigenvalue weighted by Gasteiger charge is 2.49. The fourth-order valence-corrected chi connectivity index (χ4v) is 4.45. The van der Waals surface area contributed by atoms with Crippen LogP contribution in [0.4, 0.5) is 4.79 Å². The zero-order chi connectivity index (χ0) is 25.3. The number of phosphoric acid groups is 1. The predicted octanol–water partition coefficient (Wildman–Crippen LogP) is 1.94. The van der Waals surface area contributed by atoms with E-state index in [0.717, 1.165) is 11.8 Å². The highest BCUT2D eigenvalue weighted by atomic mass is 32.2. The normalized spacial score (nSPS) is 22.2. The van der Waals surface area contributed by atoms with E-state index in [1.54, 1.807) is 34.6 Å². The number of rotatable bonds is 10. The van der Waals surface area contributed by atoms with Gasteiger partial charge >= 0.3 is 13.9 Å². The fourth-order valence-electron chi connectivity index (χ4n) is 2.45. The summed E-state index contributed by atoms with van der Waals surface area (Å²) in [4.78, 5) is 47.0. The summed E-state index contributed by atoms with van der Waals surface area (Å²) in [5, 5.41) is 7.72. The Kier molecular flexibility index (Phi) is 11.3. The maximum absolute atomic E-state index is 12.7. The van der Waals surface area contributed by atoms with E-state index in [1.807, 2.05) is 0 Å². The SMILES string of the molecule is CC(=O)SCCNC(=O)CCNC(=O)[C@@H]1OP(=O)(OCOC(=O)NC(C)(C)C)OCC1(C)C. The van der Waals surface area contributed by atoms with Gasteiger partial charge in [-0.15, -0.1) is 0 Å². The average Bonchev–Trinajstić information content (AvgIpc) is 2.66. The summed E-state index contributed by atoms with van der Waals surface area (Å²) < 4.78 is 33.1. The van der Waals surface area contributed by atoms with Gasteiger partial charge in [-0.3, -0.25) is 23.4 Å². The van der Waals surface area contributed by atoms with Crippen LogP contribution in [0, 0.1) is 5.41 Å². The molecule has 0 saturated carbocycles. The maximum atomic E-state index is 12.7. The summed E-state index contributed by atoms with van der Waals surface area (Å²) in [6.45, 7) is 9.66. The standard InChI is InChI=1S/C19H34N3O9PS/c1-13(23)33-10-9-20-14(24)7-8-21-16(25)15-19(5,6)11-29-32(27,31-15)30-12-28-17(26)22-18(2,3)4/h15H,7-12H2,1-6H3,(H,20,24)(H,21,25)(H,22,26)/t15-,32?/m0/s1. The van der Waals surface area contributed by atoms with E-state index >= 15 is 0 Å². The van der Waals surface area contributed by atoms with Crippen molar-refractivity contribution in [3.8, 4) is 0 Å². The number of ether oxygens (including phenoxy) is 1. The van der Waals surface area contributed by atoms with Crippen LogP contribution in [0.15, 0.2) is 0 Å². The number of alkyl carbamates (subject to hydrolysis) is 1. The lowest BCUT2D eigenvalue weighted by Crippen LogP contribution is -2.50. The molecule has 1 unspecified atom stereocenters. The maximum Gasteiger partial charge on any atom is 0.478 e.